The van der Waals surface area contributed by atoms with Crippen molar-refractivity contribution in [2.24, 2.45) is 5.10 Å². The number of hydrogen-bond donors (Lipinski definition) is 3. The molecule has 9 heteroatoms. The number of rotatable bonds is 6. The molecule has 3 N–H and O–H groups in total. The molecule has 1 fully saturated rings. The van der Waals surface area contributed by atoms with Crippen LogP contribution >= 0.6 is 0 Å². The van der Waals surface area contributed by atoms with Crippen molar-refractivity contribution in [3.63, 3.8) is 0 Å². The Labute approximate surface area is 196 Å². The van der Waals surface area contributed by atoms with Crippen LogP contribution in [-0.2, 0) is 4.74 Å². The maximum absolute atomic E-state index is 12.8. The van der Waals surface area contributed by atoms with Crippen molar-refractivity contribution in [1.82, 2.24) is 15.0 Å². The van der Waals surface area contributed by atoms with Gasteiger partial charge in [-0.1, -0.05) is 48.0 Å². The number of hydrazone groups is 1. The van der Waals surface area contributed by atoms with Crippen LogP contribution in [-0.4, -0.2) is 53.4 Å². The molecule has 3 heterocycles. The minimum absolute atomic E-state index is 0.246. The quantitative estimate of drug-likeness (QED) is 0.302. The number of nitrogens with one attached hydrogen (secondary N) is 3. The number of aryl methyl sites for hydroxylation is 1. The minimum Gasteiger partial charge on any atom is -0.378 e. The molecule has 4 aromatic rings. The second-order valence-corrected chi connectivity index (χ2v) is 8.02. The number of carbonyl (C=O) groups excluding carboxylic acids is 1. The van der Waals surface area contributed by atoms with E-state index in [1.807, 2.05) is 61.5 Å². The normalized spacial score (nSPS) is 14.0. The topological polar surface area (TPSA) is 108 Å². The van der Waals surface area contributed by atoms with Gasteiger partial charge in [-0.05, 0) is 30.7 Å². The monoisotopic (exact) mass is 455 g/mol. The van der Waals surface area contributed by atoms with Gasteiger partial charge in [0.2, 0.25) is 5.95 Å². The average Bonchev–Trinajstić information content (AvgIpc) is 3.29. The van der Waals surface area contributed by atoms with E-state index in [1.54, 1.807) is 12.3 Å². The summed E-state index contributed by atoms with van der Waals surface area (Å²) in [6.45, 7) is 4.66. The summed E-state index contributed by atoms with van der Waals surface area (Å²) in [5.74, 6) is 0.816. The lowest BCUT2D eigenvalue weighted by Crippen LogP contribution is -2.37. The third-order valence-electron chi connectivity index (χ3n) is 5.47. The second kappa shape index (κ2) is 9.72. The number of H-pyrrole nitrogens is 1. The van der Waals surface area contributed by atoms with Crippen LogP contribution in [0, 0.1) is 6.92 Å². The summed E-state index contributed by atoms with van der Waals surface area (Å²) in [6.07, 6.45) is 1.73. The first kappa shape index (κ1) is 21.6. The Morgan fingerprint density at radius 3 is 2.71 bits per heavy atom. The van der Waals surface area contributed by atoms with Crippen LogP contribution < -0.4 is 15.6 Å². The first-order valence-electron chi connectivity index (χ1n) is 11.1. The van der Waals surface area contributed by atoms with Crippen molar-refractivity contribution < 1.29 is 9.53 Å². The van der Waals surface area contributed by atoms with E-state index in [0.717, 1.165) is 16.8 Å². The van der Waals surface area contributed by atoms with E-state index in [9.17, 15) is 4.79 Å². The van der Waals surface area contributed by atoms with E-state index >= 15 is 0 Å². The van der Waals surface area contributed by atoms with Crippen molar-refractivity contribution in [2.45, 2.75) is 6.92 Å². The Kier molecular flexibility index (Phi) is 6.17. The fourth-order valence-corrected chi connectivity index (χ4v) is 3.81. The SMILES string of the molecule is Cc1cccc(/C=N/Nc2nc(N3CCOCC3)c3[nH]c(C(=O)Nc4ccccc4)cc3n2)c1. The van der Waals surface area contributed by atoms with Gasteiger partial charge in [-0.15, -0.1) is 0 Å². The van der Waals surface area contributed by atoms with Gasteiger partial charge >= 0.3 is 0 Å². The Morgan fingerprint density at radius 1 is 1.09 bits per heavy atom. The molecular formula is C25H25N7O2. The summed E-state index contributed by atoms with van der Waals surface area (Å²) < 4.78 is 5.50. The number of nitrogens with zero attached hydrogens (tertiary/aromatic N) is 4. The molecule has 0 radical (unpaired) electrons. The number of hydrogen-bond acceptors (Lipinski definition) is 7. The number of aromatic nitrogens is 3. The number of anilines is 3. The molecule has 0 unspecified atom stereocenters. The molecule has 9 nitrogen and oxygen atoms in total. The van der Waals surface area contributed by atoms with Gasteiger partial charge in [0.1, 0.15) is 11.2 Å². The second-order valence-electron chi connectivity index (χ2n) is 8.02. The lowest BCUT2D eigenvalue weighted by atomic mass is 10.2. The first-order chi connectivity index (χ1) is 16.7. The first-order valence-corrected chi connectivity index (χ1v) is 11.1. The predicted molar refractivity (Wildman–Crippen MR) is 134 cm³/mol. The molecule has 0 aliphatic carbocycles. The van der Waals surface area contributed by atoms with E-state index in [1.165, 1.54) is 0 Å². The molecule has 0 atom stereocenters. The number of benzene rings is 2. The highest BCUT2D eigenvalue weighted by Gasteiger charge is 2.21. The fourth-order valence-electron chi connectivity index (χ4n) is 3.81. The van der Waals surface area contributed by atoms with Gasteiger partial charge < -0.3 is 19.9 Å². The number of fused-ring (bicyclic) bond motifs is 1. The third-order valence-corrected chi connectivity index (χ3v) is 5.47. The molecule has 1 saturated heterocycles. The lowest BCUT2D eigenvalue weighted by molar-refractivity contribution is 0.102. The molecule has 2 aromatic carbocycles. The van der Waals surface area contributed by atoms with Gasteiger partial charge in [-0.25, -0.2) is 10.4 Å². The number of ether oxygens (including phenoxy) is 1. The molecule has 172 valence electrons. The smallest absolute Gasteiger partial charge is 0.272 e. The van der Waals surface area contributed by atoms with E-state index in [0.29, 0.717) is 54.8 Å². The summed E-state index contributed by atoms with van der Waals surface area (Å²) in [6, 6.07) is 19.1. The largest absolute Gasteiger partial charge is 0.378 e. The predicted octanol–water partition coefficient (Wildman–Crippen LogP) is 3.80. The molecule has 0 spiro atoms. The van der Waals surface area contributed by atoms with E-state index in [-0.39, 0.29) is 5.91 Å². The molecule has 0 saturated carbocycles. The number of para-hydroxylation sites is 1. The van der Waals surface area contributed by atoms with E-state index in [2.05, 4.69) is 30.7 Å². The van der Waals surface area contributed by atoms with Gasteiger partial charge in [0, 0.05) is 18.8 Å². The van der Waals surface area contributed by atoms with Crippen molar-refractivity contribution >= 4 is 40.6 Å². The standard InChI is InChI=1S/C25H25N7O2/c1-17-6-5-7-18(14-17)16-26-31-25-29-20-15-21(24(33)27-19-8-3-2-4-9-19)28-22(20)23(30-25)32-10-12-34-13-11-32/h2-9,14-16,28H,10-13H2,1H3,(H,27,33)(H,29,30,31)/b26-16+. The molecule has 5 rings (SSSR count). The summed E-state index contributed by atoms with van der Waals surface area (Å²) in [5, 5.41) is 7.21. The van der Waals surface area contributed by atoms with Gasteiger partial charge in [-0.3, -0.25) is 4.79 Å². The Bertz CT molecular complexity index is 1330. The zero-order valence-electron chi connectivity index (χ0n) is 18.8. The number of amides is 1. The summed E-state index contributed by atoms with van der Waals surface area (Å²) >= 11 is 0. The van der Waals surface area contributed by atoms with E-state index in [4.69, 9.17) is 9.72 Å². The fraction of sp³-hybridized carbons (Fsp3) is 0.200. The van der Waals surface area contributed by atoms with Crippen LogP contribution in [0.25, 0.3) is 11.0 Å². The van der Waals surface area contributed by atoms with Crippen molar-refractivity contribution in [2.75, 3.05) is 41.9 Å². The summed E-state index contributed by atoms with van der Waals surface area (Å²) in [4.78, 5) is 27.5. The van der Waals surface area contributed by atoms with Crippen LogP contribution in [0.2, 0.25) is 0 Å². The van der Waals surface area contributed by atoms with Gasteiger partial charge in [0.25, 0.3) is 5.91 Å². The summed E-state index contributed by atoms with van der Waals surface area (Å²) in [7, 11) is 0. The minimum atomic E-state index is -0.246. The third kappa shape index (κ3) is 4.89. The molecule has 1 aliphatic rings. The molecule has 2 aromatic heterocycles. The number of morpholine rings is 1. The highest BCUT2D eigenvalue weighted by molar-refractivity contribution is 6.06. The maximum Gasteiger partial charge on any atom is 0.272 e. The highest BCUT2D eigenvalue weighted by atomic mass is 16.5. The molecule has 1 amide bonds. The molecule has 0 bridgehead atoms. The highest BCUT2D eigenvalue weighted by Crippen LogP contribution is 2.27. The average molecular weight is 456 g/mol. The van der Waals surface area contributed by atoms with Crippen molar-refractivity contribution in [3.8, 4) is 0 Å². The molecule has 1 aliphatic heterocycles. The van der Waals surface area contributed by atoms with Crippen molar-refractivity contribution in [3.05, 3.63) is 77.5 Å². The van der Waals surface area contributed by atoms with Crippen LogP contribution in [0.4, 0.5) is 17.5 Å². The Balaban J connectivity index is 1.45. The number of carbonyl (C=O) groups is 1. The van der Waals surface area contributed by atoms with Crippen molar-refractivity contribution in [1.29, 1.82) is 0 Å². The van der Waals surface area contributed by atoms with Crippen LogP contribution in [0.3, 0.4) is 0 Å². The summed E-state index contributed by atoms with van der Waals surface area (Å²) in [5.41, 5.74) is 7.53. The Hall–Kier alpha value is -4.24. The number of aromatic amines is 1. The van der Waals surface area contributed by atoms with Crippen LogP contribution in [0.5, 0.6) is 0 Å². The van der Waals surface area contributed by atoms with Gasteiger partial charge in [-0.2, -0.15) is 10.1 Å². The van der Waals surface area contributed by atoms with Gasteiger partial charge in [0.15, 0.2) is 5.82 Å². The van der Waals surface area contributed by atoms with Crippen LogP contribution in [0.1, 0.15) is 21.6 Å². The van der Waals surface area contributed by atoms with Gasteiger partial charge in [0.05, 0.1) is 24.9 Å². The zero-order chi connectivity index (χ0) is 23.3. The molecular weight excluding hydrogens is 430 g/mol. The van der Waals surface area contributed by atoms with E-state index < -0.39 is 0 Å². The molecule has 34 heavy (non-hydrogen) atoms. The van der Waals surface area contributed by atoms with Crippen LogP contribution in [0.15, 0.2) is 65.8 Å². The zero-order valence-corrected chi connectivity index (χ0v) is 18.8. The Morgan fingerprint density at radius 2 is 1.91 bits per heavy atom. The lowest BCUT2D eigenvalue weighted by Gasteiger charge is -2.28. The maximum atomic E-state index is 12.8.